The highest BCUT2D eigenvalue weighted by Crippen LogP contribution is 2.29. The fraction of sp³-hybridized carbons (Fsp3) is 1.00. The molecule has 1 heterocycles. The average Bonchev–Trinajstić information content (AvgIpc) is 2.85. The van der Waals surface area contributed by atoms with Crippen molar-refractivity contribution >= 4 is 84.4 Å². The lowest BCUT2D eigenvalue weighted by Crippen LogP contribution is -2.58. The van der Waals surface area contributed by atoms with Crippen molar-refractivity contribution in [2.75, 3.05) is 19.8 Å². The molecule has 0 radical (unpaired) electrons. The van der Waals surface area contributed by atoms with Crippen molar-refractivity contribution in [3.05, 3.63) is 0 Å². The van der Waals surface area contributed by atoms with Crippen LogP contribution >= 0.6 is 0 Å². The van der Waals surface area contributed by atoms with E-state index < -0.39 is 153 Å². The summed E-state index contributed by atoms with van der Waals surface area (Å²) >= 11 is 0. The Bertz CT molecular complexity index is 1990. The van der Waals surface area contributed by atoms with Gasteiger partial charge in [-0.25, -0.2) is 41.9 Å². The molecule has 1 saturated heterocycles. The predicted molar refractivity (Wildman–Crippen MR) is 146 cm³/mol. The van der Waals surface area contributed by atoms with Crippen molar-refractivity contribution in [2.45, 2.75) is 49.0 Å². The second-order valence-corrected chi connectivity index (χ2v) is 16.1. The first-order valence-electron chi connectivity index (χ1n) is 11.4. The molecule has 8 atom stereocenters. The summed E-state index contributed by atoms with van der Waals surface area (Å²) in [4.78, 5) is 0. The van der Waals surface area contributed by atoms with Crippen molar-refractivity contribution in [1.82, 2.24) is 0 Å². The summed E-state index contributed by atoms with van der Waals surface area (Å²) in [5, 5.41) is 0. The van der Waals surface area contributed by atoms with Gasteiger partial charge in [0.2, 0.25) is 0 Å². The Morgan fingerprint density at radius 2 is 0.961 bits per heavy atom. The molecule has 0 aliphatic carbocycles. The maximum atomic E-state index is 11.7. The monoisotopic (exact) mass is 922 g/mol. The molecule has 0 aromatic rings. The van der Waals surface area contributed by atoms with E-state index in [0.717, 1.165) is 0 Å². The zero-order valence-electron chi connectivity index (χ0n) is 23.4. The zero-order chi connectivity index (χ0) is 40.0. The minimum Gasteiger partial charge on any atom is -0.347 e. The van der Waals surface area contributed by atoms with E-state index in [9.17, 15) is 81.0 Å². The third kappa shape index (κ3) is 20.9. The van der Waals surface area contributed by atoms with Crippen LogP contribution in [0.3, 0.4) is 0 Å². The predicted octanol–water partition coefficient (Wildman–Crippen LogP) is -7.06. The van der Waals surface area contributed by atoms with E-state index in [2.05, 4.69) is 33.5 Å². The van der Waals surface area contributed by atoms with E-state index in [4.69, 9.17) is 23.1 Å². The van der Waals surface area contributed by atoms with Gasteiger partial charge in [0.1, 0.15) is 36.6 Å². The molecule has 6 N–H and O–H groups in total. The fourth-order valence-corrected chi connectivity index (χ4v) is 7.13. The molecule has 0 unspecified atom stereocenters. The molecule has 51 heavy (non-hydrogen) atoms. The van der Waals surface area contributed by atoms with Gasteiger partial charge in [-0.05, 0) is 0 Å². The van der Waals surface area contributed by atoms with Gasteiger partial charge in [-0.15, -0.1) is 0 Å². The Morgan fingerprint density at radius 3 is 1.31 bits per heavy atom. The molecule has 0 aromatic heterocycles. The maximum Gasteiger partial charge on any atom is 0.397 e. The third-order valence-electron chi connectivity index (χ3n) is 4.86. The van der Waals surface area contributed by atoms with Gasteiger partial charge >= 0.3 is 62.4 Å². The number of hydrogen-bond acceptors (Lipinski definition) is 26. The standard InChI is InChI=1S/C11H22O32S8/c12-44(13)37-4-1-34-11(10(43-51(31,32)33)7(4)38-45(14)15)35-2-5(39-47(19,20)21)8(41-49(25,26)27)9(42-50(28,29)30)6(40-48(22,23)24)3-36-46(16,17)18/h4-11,44-45H,1-3H2,(H,16,17,18)(H,19,20,21)(H,22,23,24)(H,25,26,27)(H,28,29,30)(H,31,32,33)/t4-,5-,6-,7-,8-,9-,10+,11-/m1/s1. The first-order chi connectivity index (χ1) is 22.6. The number of thiol groups is 2. The molecular formula is C11H22O32S8. The summed E-state index contributed by atoms with van der Waals surface area (Å²) in [5.74, 6) is 0. The van der Waals surface area contributed by atoms with Crippen molar-refractivity contribution in [3.8, 4) is 0 Å². The SMILES string of the molecule is O=[SH](=O)O[C@H]1[C@H](OS(=O)(=O)O)[C@@H](OC[C@@H](OS(=O)(=O)O)[C@@H](OS(=O)(=O)O)[C@H](OS(=O)(=O)O)[C@@H](COS(=O)(=O)O)OS(=O)(=O)O)OC[C@H]1O[SH](=O)=O. The minimum atomic E-state index is -6.24. The van der Waals surface area contributed by atoms with Crippen LogP contribution in [0.5, 0.6) is 0 Å². The molecule has 1 fully saturated rings. The molecule has 0 amide bonds. The molecule has 0 aromatic carbocycles. The van der Waals surface area contributed by atoms with Crippen molar-refractivity contribution in [3.63, 3.8) is 0 Å². The van der Waals surface area contributed by atoms with Crippen LogP contribution in [-0.2, 0) is 127 Å². The Balaban J connectivity index is 3.95. The summed E-state index contributed by atoms with van der Waals surface area (Å²) in [6, 6.07) is 0. The van der Waals surface area contributed by atoms with Crippen molar-refractivity contribution in [1.29, 1.82) is 0 Å². The van der Waals surface area contributed by atoms with Crippen molar-refractivity contribution in [2.24, 2.45) is 0 Å². The summed E-state index contributed by atoms with van der Waals surface area (Å²) < 4.78 is 279. The Kier molecular flexibility index (Phi) is 17.4. The molecule has 32 nitrogen and oxygen atoms in total. The molecule has 1 rings (SSSR count). The summed E-state index contributed by atoms with van der Waals surface area (Å²) in [7, 11) is -44.3. The van der Waals surface area contributed by atoms with Crippen LogP contribution < -0.4 is 0 Å². The lowest BCUT2D eigenvalue weighted by molar-refractivity contribution is -0.261. The highest BCUT2D eigenvalue weighted by Gasteiger charge is 2.50. The Morgan fingerprint density at radius 1 is 0.549 bits per heavy atom. The smallest absolute Gasteiger partial charge is 0.347 e. The zero-order valence-corrected chi connectivity index (χ0v) is 30.1. The summed E-state index contributed by atoms with van der Waals surface area (Å²) in [6.45, 7) is -5.39. The maximum absolute atomic E-state index is 11.7. The van der Waals surface area contributed by atoms with E-state index in [-0.39, 0.29) is 0 Å². The Labute approximate surface area is 289 Å². The topological polar surface area (TPSA) is 487 Å². The van der Waals surface area contributed by atoms with Gasteiger partial charge in [-0.3, -0.25) is 35.7 Å². The molecule has 306 valence electrons. The van der Waals surface area contributed by atoms with Gasteiger partial charge in [-0.1, -0.05) is 0 Å². The average molecular weight is 923 g/mol. The van der Waals surface area contributed by atoms with Crippen LogP contribution in [0, 0.1) is 0 Å². The van der Waals surface area contributed by atoms with E-state index in [1.165, 1.54) is 0 Å². The van der Waals surface area contributed by atoms with Crippen LogP contribution in [0.25, 0.3) is 0 Å². The first-order valence-corrected chi connectivity index (χ1v) is 21.8. The lowest BCUT2D eigenvalue weighted by Gasteiger charge is -2.39. The van der Waals surface area contributed by atoms with Gasteiger partial charge in [0, 0.05) is 0 Å². The second kappa shape index (κ2) is 18.5. The van der Waals surface area contributed by atoms with Crippen molar-refractivity contribution < 1.29 is 138 Å². The van der Waals surface area contributed by atoms with E-state index in [0.29, 0.717) is 0 Å². The van der Waals surface area contributed by atoms with Crippen LogP contribution in [0.15, 0.2) is 0 Å². The van der Waals surface area contributed by atoms with E-state index in [1.807, 2.05) is 0 Å². The van der Waals surface area contributed by atoms with Crippen LogP contribution in [0.4, 0.5) is 0 Å². The highest BCUT2D eigenvalue weighted by atomic mass is 32.3. The molecule has 40 heteroatoms. The largest absolute Gasteiger partial charge is 0.397 e. The van der Waals surface area contributed by atoms with Gasteiger partial charge < -0.3 is 9.47 Å². The molecule has 1 aliphatic heterocycles. The summed E-state index contributed by atoms with van der Waals surface area (Å²) in [6.07, 6.45) is -23.9. The summed E-state index contributed by atoms with van der Waals surface area (Å²) in [5.41, 5.74) is 0. The number of ether oxygens (including phenoxy) is 2. The quantitative estimate of drug-likeness (QED) is 0.0349. The van der Waals surface area contributed by atoms with Crippen LogP contribution in [-0.4, -0.2) is 163 Å². The third-order valence-corrected chi connectivity index (χ3v) is 8.53. The molecular weight excluding hydrogens is 901 g/mol. The number of rotatable bonds is 23. The van der Waals surface area contributed by atoms with Gasteiger partial charge in [0.05, 0.1) is 19.8 Å². The second-order valence-electron chi connectivity index (χ2n) is 8.50. The number of hydrogen-bond donors (Lipinski definition) is 8. The van der Waals surface area contributed by atoms with Crippen LogP contribution in [0.1, 0.15) is 0 Å². The Hall–Kier alpha value is -1.04. The van der Waals surface area contributed by atoms with E-state index in [1.54, 1.807) is 0 Å². The molecule has 0 bridgehead atoms. The van der Waals surface area contributed by atoms with E-state index >= 15 is 0 Å². The molecule has 0 spiro atoms. The first kappa shape index (κ1) is 48.0. The normalized spacial score (nSPS) is 23.9. The van der Waals surface area contributed by atoms with Crippen LogP contribution in [0.2, 0.25) is 0 Å². The van der Waals surface area contributed by atoms with Gasteiger partial charge in [0.15, 0.2) is 12.4 Å². The highest BCUT2D eigenvalue weighted by molar-refractivity contribution is 7.82. The molecule has 1 aliphatic rings. The minimum absolute atomic E-state index is 1.23. The molecule has 0 saturated carbocycles. The lowest BCUT2D eigenvalue weighted by atomic mass is 10.0. The van der Waals surface area contributed by atoms with Gasteiger partial charge in [0.25, 0.3) is 22.0 Å². The van der Waals surface area contributed by atoms with Gasteiger partial charge in [-0.2, -0.15) is 50.5 Å². The fourth-order valence-electron chi connectivity index (χ4n) is 3.50.